The molecule has 0 radical (unpaired) electrons. The molecule has 6 nitrogen and oxygen atoms in total. The van der Waals surface area contributed by atoms with Crippen molar-refractivity contribution in [3.63, 3.8) is 0 Å². The summed E-state index contributed by atoms with van der Waals surface area (Å²) in [6, 6.07) is 4.86. The van der Waals surface area contributed by atoms with E-state index in [1.54, 1.807) is 18.2 Å². The SMILES string of the molecule is CC.CCCCCCCCOC(=O)C(C)(CC(C)(C)C(C)C)C(C)(C)C.COCC(C)(F)F.COc1cc(/C=C/C=O)ccc1O. The number of unbranched alkanes of at least 4 members (excludes halogenated alkanes) is 5. The normalized spacial score (nSPS) is 12.9. The number of carbonyl (C=O) groups is 2. The van der Waals surface area contributed by atoms with E-state index >= 15 is 0 Å². The number of hydrogen-bond donors (Lipinski definition) is 1. The molecule has 1 rings (SSSR count). The van der Waals surface area contributed by atoms with E-state index < -0.39 is 17.9 Å². The summed E-state index contributed by atoms with van der Waals surface area (Å²) in [5, 5.41) is 9.24. The second kappa shape index (κ2) is 24.7. The molecule has 0 fully saturated rings. The summed E-state index contributed by atoms with van der Waals surface area (Å²) in [4.78, 5) is 23.0. The number of allylic oxidation sites excluding steroid dienone is 1. The summed E-state index contributed by atoms with van der Waals surface area (Å²) in [7, 11) is 2.72. The largest absolute Gasteiger partial charge is 0.504 e. The minimum atomic E-state index is -2.67. The molecule has 1 N–H and O–H groups in total. The molecule has 8 heteroatoms. The van der Waals surface area contributed by atoms with Crippen LogP contribution in [0, 0.1) is 22.2 Å². The monoisotopic (exact) mass is 658 g/mol. The van der Waals surface area contributed by atoms with E-state index in [0.717, 1.165) is 31.7 Å². The highest BCUT2D eigenvalue weighted by molar-refractivity contribution is 5.77. The zero-order chi connectivity index (χ0) is 36.6. The van der Waals surface area contributed by atoms with Crippen molar-refractivity contribution < 1.29 is 37.7 Å². The molecule has 270 valence electrons. The molecule has 0 aliphatic carbocycles. The molecule has 1 aromatic carbocycles. The first-order chi connectivity index (χ1) is 21.2. The van der Waals surface area contributed by atoms with Crippen molar-refractivity contribution in [2.24, 2.45) is 22.2 Å². The number of hydrogen-bond acceptors (Lipinski definition) is 6. The maximum Gasteiger partial charge on any atom is 0.312 e. The van der Waals surface area contributed by atoms with Crippen LogP contribution in [-0.4, -0.2) is 50.7 Å². The Kier molecular flexibility index (Phi) is 25.7. The maximum atomic E-state index is 12.9. The van der Waals surface area contributed by atoms with Gasteiger partial charge >= 0.3 is 5.97 Å². The van der Waals surface area contributed by atoms with Crippen molar-refractivity contribution in [1.29, 1.82) is 0 Å². The van der Waals surface area contributed by atoms with Crippen LogP contribution in [0.2, 0.25) is 0 Å². The highest BCUT2D eigenvalue weighted by Gasteiger charge is 2.49. The van der Waals surface area contributed by atoms with E-state index in [9.17, 15) is 23.5 Å². The lowest BCUT2D eigenvalue weighted by Gasteiger charge is -2.45. The van der Waals surface area contributed by atoms with E-state index in [0.29, 0.717) is 24.6 Å². The Morgan fingerprint density at radius 3 is 1.89 bits per heavy atom. The first-order valence-corrected chi connectivity index (χ1v) is 16.7. The van der Waals surface area contributed by atoms with Crippen LogP contribution in [0.25, 0.3) is 6.08 Å². The Hall–Kier alpha value is -2.48. The molecule has 0 bridgehead atoms. The van der Waals surface area contributed by atoms with Gasteiger partial charge in [0.1, 0.15) is 12.9 Å². The van der Waals surface area contributed by atoms with Crippen LogP contribution in [-0.2, 0) is 19.1 Å². The standard InChI is InChI=1S/C22H44O2.C10H10O3.C4H8F2O.C2H6/c1-10-11-12-13-14-15-16-24-19(23)22(9,20(4,5)6)17-21(7,8)18(2)3;1-13-10-7-8(3-2-6-11)4-5-9(10)12;1-4(5,6)3-7-2;1-2/h18H,10-17H2,1-9H3;2-7,12H,1H3;3H2,1-2H3;1-2H3/b;3-2+;;. The lowest BCUT2D eigenvalue weighted by Crippen LogP contribution is -2.45. The average Bonchev–Trinajstić information content (AvgIpc) is 2.96. The van der Waals surface area contributed by atoms with Crippen LogP contribution >= 0.6 is 0 Å². The fraction of sp³-hybridized carbons (Fsp3) is 0.737. The Balaban J connectivity index is -0.000000695. The number of aromatic hydroxyl groups is 1. The van der Waals surface area contributed by atoms with Crippen LogP contribution in [0.15, 0.2) is 24.3 Å². The van der Waals surface area contributed by atoms with Crippen molar-refractivity contribution >= 4 is 18.3 Å². The predicted molar refractivity (Wildman–Crippen MR) is 189 cm³/mol. The van der Waals surface area contributed by atoms with E-state index in [-0.39, 0.29) is 22.5 Å². The van der Waals surface area contributed by atoms with Crippen molar-refractivity contribution in [3.8, 4) is 11.5 Å². The van der Waals surface area contributed by atoms with E-state index in [1.165, 1.54) is 52.0 Å². The maximum absolute atomic E-state index is 12.9. The molecule has 1 unspecified atom stereocenters. The van der Waals surface area contributed by atoms with Gasteiger partial charge in [0.2, 0.25) is 0 Å². The molecule has 0 spiro atoms. The van der Waals surface area contributed by atoms with Gasteiger partial charge in [0.25, 0.3) is 5.92 Å². The predicted octanol–water partition coefficient (Wildman–Crippen LogP) is 10.9. The molecule has 1 atom stereocenters. The van der Waals surface area contributed by atoms with Gasteiger partial charge in [0.05, 0.1) is 19.1 Å². The summed E-state index contributed by atoms with van der Waals surface area (Å²) in [5.74, 6) is -1.67. The molecule has 0 saturated heterocycles. The summed E-state index contributed by atoms with van der Waals surface area (Å²) in [5.41, 5.74) is 0.350. The molecule has 0 aliphatic heterocycles. The highest BCUT2D eigenvalue weighted by atomic mass is 19.3. The van der Waals surface area contributed by atoms with Crippen molar-refractivity contribution in [2.75, 3.05) is 27.4 Å². The first kappa shape index (κ1) is 47.9. The van der Waals surface area contributed by atoms with Crippen molar-refractivity contribution in [1.82, 2.24) is 0 Å². The fourth-order valence-corrected chi connectivity index (χ4v) is 4.17. The van der Waals surface area contributed by atoms with E-state index in [4.69, 9.17) is 9.47 Å². The van der Waals surface area contributed by atoms with Gasteiger partial charge in [-0.25, -0.2) is 8.78 Å². The van der Waals surface area contributed by atoms with Gasteiger partial charge in [0, 0.05) is 14.0 Å². The van der Waals surface area contributed by atoms with Crippen LogP contribution in [0.4, 0.5) is 8.78 Å². The third kappa shape index (κ3) is 21.3. The molecular formula is C38H68F2O6. The molecular weight excluding hydrogens is 590 g/mol. The minimum Gasteiger partial charge on any atom is -0.504 e. The van der Waals surface area contributed by atoms with Gasteiger partial charge in [-0.15, -0.1) is 0 Å². The number of phenolic OH excluding ortho intramolecular Hbond substituents is 1. The number of rotatable bonds is 16. The topological polar surface area (TPSA) is 82.1 Å². The third-order valence-electron chi connectivity index (χ3n) is 8.18. The molecule has 0 saturated carbocycles. The van der Waals surface area contributed by atoms with Gasteiger partial charge in [-0.05, 0) is 60.3 Å². The number of benzene rings is 1. The van der Waals surface area contributed by atoms with Crippen LogP contribution in [0.5, 0.6) is 11.5 Å². The number of esters is 1. The number of phenols is 1. The van der Waals surface area contributed by atoms with Gasteiger partial charge in [-0.1, -0.05) is 113 Å². The second-order valence-corrected chi connectivity index (χ2v) is 13.7. The molecule has 46 heavy (non-hydrogen) atoms. The summed E-state index contributed by atoms with van der Waals surface area (Å²) in [6.45, 7) is 24.7. The molecule has 0 heterocycles. The van der Waals surface area contributed by atoms with Crippen LogP contribution in [0.3, 0.4) is 0 Å². The van der Waals surface area contributed by atoms with Gasteiger partial charge < -0.3 is 19.3 Å². The minimum absolute atomic E-state index is 0.0164. The summed E-state index contributed by atoms with van der Waals surface area (Å²) in [6.07, 6.45) is 11.8. The Bertz CT molecular complexity index is 961. The number of ether oxygens (including phenoxy) is 3. The number of methoxy groups -OCH3 is 2. The molecule has 0 amide bonds. The van der Waals surface area contributed by atoms with Crippen LogP contribution in [0.1, 0.15) is 134 Å². The van der Waals surface area contributed by atoms with Gasteiger partial charge in [0.15, 0.2) is 11.5 Å². The van der Waals surface area contributed by atoms with Crippen LogP contribution < -0.4 is 4.74 Å². The van der Waals surface area contributed by atoms with Gasteiger partial charge in [-0.3, -0.25) is 9.59 Å². The fourth-order valence-electron chi connectivity index (χ4n) is 4.17. The van der Waals surface area contributed by atoms with Crippen molar-refractivity contribution in [2.45, 2.75) is 134 Å². The third-order valence-corrected chi connectivity index (χ3v) is 8.18. The molecule has 1 aromatic rings. The summed E-state index contributed by atoms with van der Waals surface area (Å²) >= 11 is 0. The van der Waals surface area contributed by atoms with E-state index in [2.05, 4.69) is 67.1 Å². The summed E-state index contributed by atoms with van der Waals surface area (Å²) < 4.78 is 38.0. The van der Waals surface area contributed by atoms with Gasteiger partial charge in [-0.2, -0.15) is 0 Å². The quantitative estimate of drug-likeness (QED) is 0.0824. The van der Waals surface area contributed by atoms with Crippen molar-refractivity contribution in [3.05, 3.63) is 29.8 Å². The zero-order valence-electron chi connectivity index (χ0n) is 31.6. The Morgan fingerprint density at radius 2 is 1.48 bits per heavy atom. The number of carbonyl (C=O) groups excluding carboxylic acids is 2. The number of halogens is 2. The lowest BCUT2D eigenvalue weighted by atomic mass is 9.59. The number of aldehydes is 1. The Labute approximate surface area is 280 Å². The lowest BCUT2D eigenvalue weighted by molar-refractivity contribution is -0.165. The smallest absolute Gasteiger partial charge is 0.312 e. The highest BCUT2D eigenvalue weighted by Crippen LogP contribution is 2.49. The number of alkyl halides is 2. The molecule has 0 aromatic heterocycles. The second-order valence-electron chi connectivity index (χ2n) is 13.7. The average molecular weight is 659 g/mol. The first-order valence-electron chi connectivity index (χ1n) is 16.7. The van der Waals surface area contributed by atoms with E-state index in [1.807, 2.05) is 13.8 Å². The zero-order valence-corrected chi connectivity index (χ0v) is 31.6. The Morgan fingerprint density at radius 1 is 0.935 bits per heavy atom. The molecule has 0 aliphatic rings.